The second-order valence-electron chi connectivity index (χ2n) is 5.91. The molecule has 0 saturated carbocycles. The van der Waals surface area contributed by atoms with Gasteiger partial charge in [0.2, 0.25) is 5.82 Å². The highest BCUT2D eigenvalue weighted by Gasteiger charge is 2.12. The Bertz CT molecular complexity index is 1150. The van der Waals surface area contributed by atoms with E-state index in [9.17, 15) is 4.79 Å². The van der Waals surface area contributed by atoms with Crippen LogP contribution >= 0.6 is 0 Å². The summed E-state index contributed by atoms with van der Waals surface area (Å²) >= 11 is 0. The summed E-state index contributed by atoms with van der Waals surface area (Å²) in [6.45, 7) is 2.31. The minimum Gasteiger partial charge on any atom is -0.497 e. The van der Waals surface area contributed by atoms with Crippen molar-refractivity contribution in [3.05, 3.63) is 70.1 Å². The van der Waals surface area contributed by atoms with E-state index in [2.05, 4.69) is 15.4 Å². The fourth-order valence-corrected chi connectivity index (χ4v) is 2.86. The number of methoxy groups -OCH3 is 1. The highest BCUT2D eigenvalue weighted by atomic mass is 16.5. The van der Waals surface area contributed by atoms with Gasteiger partial charge in [0, 0.05) is 23.1 Å². The fraction of sp³-hybridized carbons (Fsp3) is 0.158. The van der Waals surface area contributed by atoms with Gasteiger partial charge in [-0.3, -0.25) is 0 Å². The minimum absolute atomic E-state index is 0.313. The van der Waals surface area contributed by atoms with Gasteiger partial charge < -0.3 is 9.15 Å². The van der Waals surface area contributed by atoms with Crippen molar-refractivity contribution in [3.8, 4) is 17.1 Å². The van der Waals surface area contributed by atoms with Crippen LogP contribution in [0.4, 0.5) is 0 Å². The molecule has 4 aromatic rings. The van der Waals surface area contributed by atoms with Gasteiger partial charge in [0.1, 0.15) is 11.3 Å². The van der Waals surface area contributed by atoms with Crippen molar-refractivity contribution in [1.29, 1.82) is 0 Å². The molecule has 0 unspecified atom stereocenters. The van der Waals surface area contributed by atoms with Crippen LogP contribution in [-0.4, -0.2) is 27.3 Å². The zero-order valence-electron chi connectivity index (χ0n) is 14.3. The molecule has 0 spiro atoms. The van der Waals surface area contributed by atoms with Crippen molar-refractivity contribution in [2.75, 3.05) is 7.11 Å². The SMILES string of the molecule is COc1ccc2c(Cn3nnc(-c4ccccc4C)n3)cc(=O)oc2c1. The van der Waals surface area contributed by atoms with Crippen LogP contribution in [0.25, 0.3) is 22.4 Å². The molecule has 0 radical (unpaired) electrons. The van der Waals surface area contributed by atoms with Crippen LogP contribution in [0, 0.1) is 6.92 Å². The summed E-state index contributed by atoms with van der Waals surface area (Å²) in [5.74, 6) is 1.18. The number of benzene rings is 2. The summed E-state index contributed by atoms with van der Waals surface area (Å²) in [4.78, 5) is 13.4. The molecule has 0 aliphatic rings. The van der Waals surface area contributed by atoms with E-state index >= 15 is 0 Å². The standard InChI is InChI=1S/C19H16N4O3/c1-12-5-3-4-6-15(12)19-20-22-23(21-19)11-13-9-18(24)26-17-10-14(25-2)7-8-16(13)17/h3-10H,11H2,1-2H3. The summed E-state index contributed by atoms with van der Waals surface area (Å²) in [6, 6.07) is 14.7. The summed E-state index contributed by atoms with van der Waals surface area (Å²) in [7, 11) is 1.57. The second kappa shape index (κ2) is 6.44. The van der Waals surface area contributed by atoms with Crippen molar-refractivity contribution in [2.45, 2.75) is 13.5 Å². The number of tetrazole rings is 1. The zero-order valence-corrected chi connectivity index (χ0v) is 14.3. The molecule has 0 atom stereocenters. The van der Waals surface area contributed by atoms with Gasteiger partial charge in [0.25, 0.3) is 0 Å². The van der Waals surface area contributed by atoms with Gasteiger partial charge in [-0.1, -0.05) is 24.3 Å². The molecule has 2 aromatic carbocycles. The van der Waals surface area contributed by atoms with Gasteiger partial charge in [-0.15, -0.1) is 10.2 Å². The van der Waals surface area contributed by atoms with Crippen molar-refractivity contribution >= 4 is 11.0 Å². The summed E-state index contributed by atoms with van der Waals surface area (Å²) < 4.78 is 10.5. The Hall–Kier alpha value is -3.48. The highest BCUT2D eigenvalue weighted by Crippen LogP contribution is 2.23. The van der Waals surface area contributed by atoms with Gasteiger partial charge in [-0.2, -0.15) is 4.80 Å². The molecule has 2 aromatic heterocycles. The fourth-order valence-electron chi connectivity index (χ4n) is 2.86. The van der Waals surface area contributed by atoms with Crippen molar-refractivity contribution in [3.63, 3.8) is 0 Å². The van der Waals surface area contributed by atoms with Gasteiger partial charge >= 0.3 is 5.63 Å². The first-order chi connectivity index (χ1) is 12.6. The van der Waals surface area contributed by atoms with Crippen LogP contribution in [0.5, 0.6) is 5.75 Å². The lowest BCUT2D eigenvalue weighted by Crippen LogP contribution is -2.08. The lowest BCUT2D eigenvalue weighted by molar-refractivity contribution is 0.414. The van der Waals surface area contributed by atoms with Gasteiger partial charge in [-0.05, 0) is 35.4 Å². The number of hydrogen-bond donors (Lipinski definition) is 0. The number of hydrogen-bond acceptors (Lipinski definition) is 6. The molecule has 0 N–H and O–H groups in total. The van der Waals surface area contributed by atoms with Gasteiger partial charge in [-0.25, -0.2) is 4.79 Å². The van der Waals surface area contributed by atoms with Crippen molar-refractivity contribution < 1.29 is 9.15 Å². The molecule has 0 aliphatic carbocycles. The molecular weight excluding hydrogens is 332 g/mol. The molecule has 130 valence electrons. The number of fused-ring (bicyclic) bond motifs is 1. The van der Waals surface area contributed by atoms with Crippen LogP contribution < -0.4 is 10.4 Å². The third-order valence-electron chi connectivity index (χ3n) is 4.19. The first-order valence-electron chi connectivity index (χ1n) is 8.08. The van der Waals surface area contributed by atoms with Crippen molar-refractivity contribution in [1.82, 2.24) is 20.2 Å². The maximum Gasteiger partial charge on any atom is 0.336 e. The molecule has 4 rings (SSSR count). The quantitative estimate of drug-likeness (QED) is 0.527. The lowest BCUT2D eigenvalue weighted by atomic mass is 10.1. The van der Waals surface area contributed by atoms with E-state index in [1.165, 1.54) is 10.9 Å². The van der Waals surface area contributed by atoms with E-state index in [4.69, 9.17) is 9.15 Å². The molecule has 2 heterocycles. The molecule has 0 aliphatic heterocycles. The third-order valence-corrected chi connectivity index (χ3v) is 4.19. The smallest absolute Gasteiger partial charge is 0.336 e. The first kappa shape index (κ1) is 16.0. The summed E-state index contributed by atoms with van der Waals surface area (Å²) in [5, 5.41) is 13.5. The summed E-state index contributed by atoms with van der Waals surface area (Å²) in [5.41, 5.74) is 2.80. The number of ether oxygens (including phenoxy) is 1. The predicted octanol–water partition coefficient (Wildman–Crippen LogP) is 2.81. The molecule has 7 heteroatoms. The van der Waals surface area contributed by atoms with Crippen LogP contribution in [0.3, 0.4) is 0 Å². The summed E-state index contributed by atoms with van der Waals surface area (Å²) in [6.07, 6.45) is 0. The number of rotatable bonds is 4. The Morgan fingerprint density at radius 2 is 2.00 bits per heavy atom. The molecule has 0 fully saturated rings. The Morgan fingerprint density at radius 3 is 2.81 bits per heavy atom. The average molecular weight is 348 g/mol. The number of aromatic nitrogens is 4. The largest absolute Gasteiger partial charge is 0.497 e. The Kier molecular flexibility index (Phi) is 3.96. The second-order valence-corrected chi connectivity index (χ2v) is 5.91. The monoisotopic (exact) mass is 348 g/mol. The molecule has 0 amide bonds. The molecule has 0 bridgehead atoms. The van der Waals surface area contributed by atoms with E-state index in [0.717, 1.165) is 22.1 Å². The topological polar surface area (TPSA) is 83.0 Å². The van der Waals surface area contributed by atoms with Gasteiger partial charge in [0.05, 0.1) is 13.7 Å². The van der Waals surface area contributed by atoms with E-state index < -0.39 is 5.63 Å². The highest BCUT2D eigenvalue weighted by molar-refractivity contribution is 5.81. The number of aryl methyl sites for hydroxylation is 1. The van der Waals surface area contributed by atoms with Crippen LogP contribution in [0.1, 0.15) is 11.1 Å². The maximum atomic E-state index is 11.9. The third kappa shape index (κ3) is 2.95. The average Bonchev–Trinajstić information content (AvgIpc) is 3.09. The van der Waals surface area contributed by atoms with E-state index in [1.54, 1.807) is 13.2 Å². The molecular formula is C19H16N4O3. The zero-order chi connectivity index (χ0) is 18.1. The molecule has 26 heavy (non-hydrogen) atoms. The maximum absolute atomic E-state index is 11.9. The van der Waals surface area contributed by atoms with E-state index in [1.807, 2.05) is 43.3 Å². The van der Waals surface area contributed by atoms with E-state index in [0.29, 0.717) is 23.7 Å². The Balaban J connectivity index is 1.72. The predicted molar refractivity (Wildman–Crippen MR) is 96.1 cm³/mol. The first-order valence-corrected chi connectivity index (χ1v) is 8.08. The van der Waals surface area contributed by atoms with Crippen LogP contribution in [-0.2, 0) is 6.54 Å². The van der Waals surface area contributed by atoms with Crippen LogP contribution in [0.15, 0.2) is 57.7 Å². The minimum atomic E-state index is -0.431. The number of nitrogens with zero attached hydrogens (tertiary/aromatic N) is 4. The lowest BCUT2D eigenvalue weighted by Gasteiger charge is -2.06. The Labute approximate surface area is 148 Å². The normalized spacial score (nSPS) is 11.0. The Morgan fingerprint density at radius 1 is 1.15 bits per heavy atom. The van der Waals surface area contributed by atoms with Crippen LogP contribution in [0.2, 0.25) is 0 Å². The van der Waals surface area contributed by atoms with Crippen molar-refractivity contribution in [2.24, 2.45) is 0 Å². The molecule has 7 nitrogen and oxygen atoms in total. The molecule has 0 saturated heterocycles. The van der Waals surface area contributed by atoms with Gasteiger partial charge in [0.15, 0.2) is 0 Å². The van der Waals surface area contributed by atoms with E-state index in [-0.39, 0.29) is 0 Å².